The van der Waals surface area contributed by atoms with Gasteiger partial charge < -0.3 is 9.47 Å². The average molecular weight is 502 g/mol. The molecule has 2 aromatic heterocycles. The summed E-state index contributed by atoms with van der Waals surface area (Å²) in [5.74, 6) is -0.0856. The van der Waals surface area contributed by atoms with Gasteiger partial charge >= 0.3 is 0 Å². The SMILES string of the molecule is O=C(Cc1cccs1)N(CC(=O)N1c2ccccc2-n2cccc2[C@H]1c1cccc(Cl)c1)C1CC1. The Morgan fingerprint density at radius 1 is 0.971 bits per heavy atom. The number of fused-ring (bicyclic) bond motifs is 3. The molecule has 35 heavy (non-hydrogen) atoms. The first kappa shape index (κ1) is 22.1. The summed E-state index contributed by atoms with van der Waals surface area (Å²) < 4.78 is 2.13. The molecule has 1 saturated carbocycles. The van der Waals surface area contributed by atoms with Crippen molar-refractivity contribution in [2.75, 3.05) is 11.4 Å². The molecule has 1 fully saturated rings. The van der Waals surface area contributed by atoms with E-state index in [-0.39, 0.29) is 30.4 Å². The van der Waals surface area contributed by atoms with Crippen LogP contribution in [-0.4, -0.2) is 33.9 Å². The van der Waals surface area contributed by atoms with Crippen LogP contribution >= 0.6 is 22.9 Å². The normalized spacial score (nSPS) is 16.5. The highest BCUT2D eigenvalue weighted by Gasteiger charge is 2.40. The number of hydrogen-bond acceptors (Lipinski definition) is 3. The molecule has 176 valence electrons. The molecule has 2 amide bonds. The van der Waals surface area contributed by atoms with E-state index >= 15 is 0 Å². The molecule has 4 aromatic rings. The van der Waals surface area contributed by atoms with Gasteiger partial charge in [-0.1, -0.05) is 41.9 Å². The van der Waals surface area contributed by atoms with Crippen LogP contribution in [0.5, 0.6) is 0 Å². The van der Waals surface area contributed by atoms with Crippen molar-refractivity contribution in [1.82, 2.24) is 9.47 Å². The predicted octanol–water partition coefficient (Wildman–Crippen LogP) is 5.86. The Balaban J connectivity index is 1.39. The first-order valence-corrected chi connectivity index (χ1v) is 13.0. The lowest BCUT2D eigenvalue weighted by Gasteiger charge is -2.39. The molecule has 0 radical (unpaired) electrons. The van der Waals surface area contributed by atoms with E-state index < -0.39 is 0 Å². The highest BCUT2D eigenvalue weighted by molar-refractivity contribution is 7.10. The Morgan fingerprint density at radius 2 is 1.80 bits per heavy atom. The number of carbonyl (C=O) groups is 2. The molecule has 0 spiro atoms. The van der Waals surface area contributed by atoms with E-state index in [1.807, 2.05) is 89.3 Å². The second kappa shape index (κ2) is 9.02. The van der Waals surface area contributed by atoms with Crippen molar-refractivity contribution in [3.63, 3.8) is 0 Å². The smallest absolute Gasteiger partial charge is 0.247 e. The molecule has 0 N–H and O–H groups in total. The van der Waals surface area contributed by atoms with Crippen molar-refractivity contribution in [2.45, 2.75) is 31.3 Å². The predicted molar refractivity (Wildman–Crippen MR) is 139 cm³/mol. The highest BCUT2D eigenvalue weighted by Crippen LogP contribution is 2.43. The van der Waals surface area contributed by atoms with E-state index in [0.717, 1.165) is 40.4 Å². The fraction of sp³-hybridized carbons (Fsp3) is 0.214. The van der Waals surface area contributed by atoms with Gasteiger partial charge in [-0.15, -0.1) is 11.3 Å². The quantitative estimate of drug-likeness (QED) is 0.332. The second-order valence-corrected chi connectivity index (χ2v) is 10.5. The van der Waals surface area contributed by atoms with E-state index in [0.29, 0.717) is 11.4 Å². The van der Waals surface area contributed by atoms with Crippen LogP contribution in [0.2, 0.25) is 5.02 Å². The number of aromatic nitrogens is 1. The number of para-hydroxylation sites is 2. The Kier molecular flexibility index (Phi) is 5.71. The molecular formula is C28H24ClN3O2S. The van der Waals surface area contributed by atoms with E-state index in [4.69, 9.17) is 11.6 Å². The van der Waals surface area contributed by atoms with Gasteiger partial charge in [-0.2, -0.15) is 0 Å². The Labute approximate surface area is 213 Å². The van der Waals surface area contributed by atoms with Gasteiger partial charge in [-0.05, 0) is 66.2 Å². The molecule has 0 unspecified atom stereocenters. The van der Waals surface area contributed by atoms with Crippen LogP contribution in [0.3, 0.4) is 0 Å². The summed E-state index contributed by atoms with van der Waals surface area (Å²) in [4.78, 5) is 32.0. The largest absolute Gasteiger partial charge is 0.330 e. The van der Waals surface area contributed by atoms with Crippen molar-refractivity contribution in [3.05, 3.63) is 106 Å². The van der Waals surface area contributed by atoms with Crippen LogP contribution in [-0.2, 0) is 16.0 Å². The first-order chi connectivity index (χ1) is 17.1. The lowest BCUT2D eigenvalue weighted by Crippen LogP contribution is -2.47. The number of nitrogens with zero attached hydrogens (tertiary/aromatic N) is 3. The third-order valence-electron chi connectivity index (χ3n) is 6.67. The molecule has 0 saturated heterocycles. The van der Waals surface area contributed by atoms with Crippen LogP contribution in [0.1, 0.15) is 35.0 Å². The summed E-state index contributed by atoms with van der Waals surface area (Å²) in [5, 5.41) is 2.60. The summed E-state index contributed by atoms with van der Waals surface area (Å²) in [5.41, 5.74) is 3.69. The zero-order valence-corrected chi connectivity index (χ0v) is 20.6. The number of amides is 2. The van der Waals surface area contributed by atoms with Crippen molar-refractivity contribution < 1.29 is 9.59 Å². The molecule has 1 aliphatic heterocycles. The Morgan fingerprint density at radius 3 is 2.54 bits per heavy atom. The molecule has 6 rings (SSSR count). The maximum atomic E-state index is 14.1. The molecule has 7 heteroatoms. The minimum Gasteiger partial charge on any atom is -0.330 e. The monoisotopic (exact) mass is 501 g/mol. The molecular weight excluding hydrogens is 478 g/mol. The van der Waals surface area contributed by atoms with Gasteiger partial charge in [-0.3, -0.25) is 14.5 Å². The van der Waals surface area contributed by atoms with Crippen molar-refractivity contribution in [3.8, 4) is 5.69 Å². The minimum absolute atomic E-state index is 0.0104. The Bertz CT molecular complexity index is 1390. The number of halogens is 1. The second-order valence-electron chi connectivity index (χ2n) is 9.02. The third kappa shape index (κ3) is 4.17. The first-order valence-electron chi connectivity index (χ1n) is 11.8. The van der Waals surface area contributed by atoms with Gasteiger partial charge in [-0.25, -0.2) is 0 Å². The van der Waals surface area contributed by atoms with E-state index in [9.17, 15) is 9.59 Å². The number of anilines is 1. The minimum atomic E-state index is -0.348. The zero-order chi connectivity index (χ0) is 23.9. The maximum absolute atomic E-state index is 14.1. The molecule has 0 bridgehead atoms. The fourth-order valence-electron chi connectivity index (χ4n) is 4.95. The summed E-state index contributed by atoms with van der Waals surface area (Å²) in [6.07, 6.45) is 4.24. The van der Waals surface area contributed by atoms with E-state index in [2.05, 4.69) is 4.57 Å². The summed E-state index contributed by atoms with van der Waals surface area (Å²) in [7, 11) is 0. The molecule has 2 aromatic carbocycles. The van der Waals surface area contributed by atoms with Gasteiger partial charge in [0.15, 0.2) is 0 Å². The van der Waals surface area contributed by atoms with Crippen LogP contribution in [0.25, 0.3) is 5.69 Å². The highest BCUT2D eigenvalue weighted by atomic mass is 35.5. The van der Waals surface area contributed by atoms with Crippen LogP contribution in [0.4, 0.5) is 5.69 Å². The number of benzene rings is 2. The number of rotatable bonds is 6. The van der Waals surface area contributed by atoms with Crippen LogP contribution < -0.4 is 4.90 Å². The maximum Gasteiger partial charge on any atom is 0.247 e. The van der Waals surface area contributed by atoms with E-state index in [1.54, 1.807) is 16.2 Å². The summed E-state index contributed by atoms with van der Waals surface area (Å²) in [6, 6.07) is 23.3. The van der Waals surface area contributed by atoms with Gasteiger partial charge in [0.1, 0.15) is 12.6 Å². The molecule has 5 nitrogen and oxygen atoms in total. The number of thiophene rings is 1. The van der Waals surface area contributed by atoms with Gasteiger partial charge in [0.05, 0.1) is 23.5 Å². The molecule has 1 aliphatic carbocycles. The van der Waals surface area contributed by atoms with Gasteiger partial charge in [0.25, 0.3) is 0 Å². The number of hydrogen-bond donors (Lipinski definition) is 0. The fourth-order valence-corrected chi connectivity index (χ4v) is 5.84. The van der Waals surface area contributed by atoms with Crippen LogP contribution in [0.15, 0.2) is 84.4 Å². The lowest BCUT2D eigenvalue weighted by molar-refractivity contribution is -0.135. The van der Waals surface area contributed by atoms with E-state index in [1.165, 1.54) is 0 Å². The van der Waals surface area contributed by atoms with Crippen molar-refractivity contribution in [2.24, 2.45) is 0 Å². The van der Waals surface area contributed by atoms with Crippen LogP contribution in [0, 0.1) is 0 Å². The molecule has 1 atom stereocenters. The van der Waals surface area contributed by atoms with Crippen molar-refractivity contribution >= 4 is 40.4 Å². The average Bonchev–Trinajstić information content (AvgIpc) is 3.34. The van der Waals surface area contributed by atoms with Gasteiger partial charge in [0.2, 0.25) is 11.8 Å². The van der Waals surface area contributed by atoms with Gasteiger partial charge in [0, 0.05) is 22.1 Å². The zero-order valence-electron chi connectivity index (χ0n) is 19.0. The molecule has 3 heterocycles. The van der Waals surface area contributed by atoms with Crippen molar-refractivity contribution in [1.29, 1.82) is 0 Å². The summed E-state index contributed by atoms with van der Waals surface area (Å²) >= 11 is 7.95. The Hall–Kier alpha value is -3.35. The third-order valence-corrected chi connectivity index (χ3v) is 7.78. The molecule has 2 aliphatic rings. The number of carbonyl (C=O) groups excluding carboxylic acids is 2. The summed E-state index contributed by atoms with van der Waals surface area (Å²) in [6.45, 7) is 0.0565. The lowest BCUT2D eigenvalue weighted by atomic mass is 9.97. The topological polar surface area (TPSA) is 45.6 Å². The standard InChI is InChI=1S/C28H24ClN3O2S/c29-20-7-3-6-19(16-20)28-25-11-4-14-30(25)23-9-1-2-10-24(23)32(28)27(34)18-31(21-12-13-21)26(33)17-22-8-5-15-35-22/h1-11,14-16,21,28H,12-13,17-18H2/t28-/m1/s1.